The zero-order chi connectivity index (χ0) is 25.5. The first-order valence-electron chi connectivity index (χ1n) is 14.2. The van der Waals surface area contributed by atoms with Crippen LogP contribution in [0.1, 0.15) is 102 Å². The van der Waals surface area contributed by atoms with E-state index in [0.29, 0.717) is 17.9 Å². The minimum Gasteiger partial charge on any atom is -0.426 e. The molecule has 0 aliphatic heterocycles. The molecule has 6 heteroatoms. The summed E-state index contributed by atoms with van der Waals surface area (Å²) in [6, 6.07) is 3.29. The minimum atomic E-state index is -1.01. The fourth-order valence-electron chi connectivity index (χ4n) is 6.84. The van der Waals surface area contributed by atoms with E-state index in [1.165, 1.54) is 57.4 Å². The van der Waals surface area contributed by atoms with E-state index in [4.69, 9.17) is 14.7 Å². The standard InChI is InChI=1S/C30H41F2NO3/c1-2-3-20-4-6-21(7-5-20)19-35-25-14-12-23(13-15-25)22-8-10-24(11-9-22)30(34)36-26-16-28(31)27(18-33)29(32)17-26/h16-17,20-25H,2-15,19H2,1H3/t20-,21-,22-,23?,24-,25?. The number of carbonyl (C=O) groups is 1. The monoisotopic (exact) mass is 501 g/mol. The van der Waals surface area contributed by atoms with Crippen molar-refractivity contribution < 1.29 is 23.0 Å². The van der Waals surface area contributed by atoms with Crippen LogP contribution in [0, 0.1) is 52.6 Å². The number of nitrogens with zero attached hydrogens (tertiary/aromatic N) is 1. The van der Waals surface area contributed by atoms with Crippen molar-refractivity contribution in [3.63, 3.8) is 0 Å². The number of esters is 1. The molecule has 0 N–H and O–H groups in total. The molecule has 0 unspecified atom stereocenters. The van der Waals surface area contributed by atoms with Crippen LogP contribution in [-0.2, 0) is 9.53 Å². The average molecular weight is 502 g/mol. The fraction of sp³-hybridized carbons (Fsp3) is 0.733. The second kappa shape index (κ2) is 13.0. The van der Waals surface area contributed by atoms with E-state index in [0.717, 1.165) is 69.1 Å². The number of rotatable bonds is 8. The van der Waals surface area contributed by atoms with Crippen molar-refractivity contribution in [2.24, 2.45) is 29.6 Å². The van der Waals surface area contributed by atoms with Crippen molar-refractivity contribution in [3.05, 3.63) is 29.3 Å². The minimum absolute atomic E-state index is 0.177. The van der Waals surface area contributed by atoms with Gasteiger partial charge in [0.15, 0.2) is 0 Å². The van der Waals surface area contributed by atoms with Crippen LogP contribution in [0.4, 0.5) is 8.78 Å². The molecule has 4 rings (SSSR count). The molecule has 3 fully saturated rings. The summed E-state index contributed by atoms with van der Waals surface area (Å²) < 4.78 is 39.2. The molecule has 0 aromatic heterocycles. The van der Waals surface area contributed by atoms with Gasteiger partial charge in [-0.05, 0) is 87.9 Å². The second-order valence-electron chi connectivity index (χ2n) is 11.5. The van der Waals surface area contributed by atoms with E-state index in [-0.39, 0.29) is 11.7 Å². The summed E-state index contributed by atoms with van der Waals surface area (Å²) in [5, 5.41) is 8.78. The van der Waals surface area contributed by atoms with Gasteiger partial charge in [0.2, 0.25) is 0 Å². The van der Waals surface area contributed by atoms with E-state index in [2.05, 4.69) is 6.92 Å². The Balaban J connectivity index is 1.14. The Morgan fingerprint density at radius 3 is 2.00 bits per heavy atom. The number of nitriles is 1. The zero-order valence-electron chi connectivity index (χ0n) is 21.7. The van der Waals surface area contributed by atoms with Crippen LogP contribution in [0.3, 0.4) is 0 Å². The van der Waals surface area contributed by atoms with Gasteiger partial charge >= 0.3 is 5.97 Å². The Hall–Kier alpha value is -2.00. The predicted molar refractivity (Wildman–Crippen MR) is 134 cm³/mol. The van der Waals surface area contributed by atoms with Crippen LogP contribution in [0.2, 0.25) is 0 Å². The average Bonchev–Trinajstić information content (AvgIpc) is 2.89. The molecule has 0 saturated heterocycles. The van der Waals surface area contributed by atoms with Gasteiger partial charge in [0.25, 0.3) is 0 Å². The van der Waals surface area contributed by atoms with Gasteiger partial charge in [-0.1, -0.05) is 32.6 Å². The maximum atomic E-state index is 13.8. The first-order valence-corrected chi connectivity index (χ1v) is 14.2. The van der Waals surface area contributed by atoms with E-state index < -0.39 is 23.2 Å². The van der Waals surface area contributed by atoms with Crippen LogP contribution in [0.5, 0.6) is 5.75 Å². The van der Waals surface area contributed by atoms with Crippen LogP contribution in [0.25, 0.3) is 0 Å². The number of hydrogen-bond donors (Lipinski definition) is 0. The molecule has 3 aliphatic rings. The lowest BCUT2D eigenvalue weighted by molar-refractivity contribution is -0.140. The molecule has 1 aromatic carbocycles. The maximum absolute atomic E-state index is 13.8. The van der Waals surface area contributed by atoms with E-state index in [9.17, 15) is 13.6 Å². The zero-order valence-corrected chi connectivity index (χ0v) is 21.7. The largest absolute Gasteiger partial charge is 0.426 e. The lowest BCUT2D eigenvalue weighted by atomic mass is 9.70. The van der Waals surface area contributed by atoms with Gasteiger partial charge in [0.1, 0.15) is 29.0 Å². The molecular weight excluding hydrogens is 460 g/mol. The van der Waals surface area contributed by atoms with Gasteiger partial charge in [-0.3, -0.25) is 4.79 Å². The summed E-state index contributed by atoms with van der Waals surface area (Å²) in [4.78, 5) is 12.6. The van der Waals surface area contributed by atoms with Crippen LogP contribution in [0.15, 0.2) is 12.1 Å². The Morgan fingerprint density at radius 1 is 0.889 bits per heavy atom. The van der Waals surface area contributed by atoms with Gasteiger partial charge < -0.3 is 9.47 Å². The van der Waals surface area contributed by atoms with Crippen molar-refractivity contribution in [3.8, 4) is 11.8 Å². The Bertz CT molecular complexity index is 882. The molecule has 0 amide bonds. The van der Waals surface area contributed by atoms with Gasteiger partial charge in [0, 0.05) is 18.7 Å². The number of carbonyl (C=O) groups excluding carboxylic acids is 1. The van der Waals surface area contributed by atoms with Crippen molar-refractivity contribution in [1.29, 1.82) is 5.26 Å². The maximum Gasteiger partial charge on any atom is 0.314 e. The predicted octanol–water partition coefficient (Wildman–Crippen LogP) is 7.73. The molecule has 4 nitrogen and oxygen atoms in total. The molecule has 198 valence electrons. The third kappa shape index (κ3) is 7.06. The van der Waals surface area contributed by atoms with Gasteiger partial charge in [0.05, 0.1) is 12.0 Å². The highest BCUT2D eigenvalue weighted by atomic mass is 19.1. The van der Waals surface area contributed by atoms with Crippen LogP contribution >= 0.6 is 0 Å². The lowest BCUT2D eigenvalue weighted by Gasteiger charge is -2.37. The molecule has 0 spiro atoms. The number of halogens is 2. The molecule has 36 heavy (non-hydrogen) atoms. The highest BCUT2D eigenvalue weighted by molar-refractivity contribution is 5.75. The second-order valence-corrected chi connectivity index (χ2v) is 11.5. The Kier molecular flexibility index (Phi) is 9.76. The van der Waals surface area contributed by atoms with E-state index in [1.54, 1.807) is 0 Å². The van der Waals surface area contributed by atoms with Crippen LogP contribution in [-0.4, -0.2) is 18.7 Å². The van der Waals surface area contributed by atoms with E-state index in [1.807, 2.05) is 0 Å². The molecule has 0 heterocycles. The summed E-state index contributed by atoms with van der Waals surface area (Å²) in [5.41, 5.74) is -0.662. The molecule has 0 atom stereocenters. The first kappa shape index (κ1) is 27.0. The summed E-state index contributed by atoms with van der Waals surface area (Å²) in [6.07, 6.45) is 16.7. The number of ether oxygens (including phenoxy) is 2. The van der Waals surface area contributed by atoms with Gasteiger partial charge in [-0.25, -0.2) is 8.78 Å². The molecule has 3 saturated carbocycles. The Morgan fingerprint density at radius 2 is 1.44 bits per heavy atom. The lowest BCUT2D eigenvalue weighted by Crippen LogP contribution is -2.32. The van der Waals surface area contributed by atoms with Crippen molar-refractivity contribution in [2.75, 3.05) is 6.61 Å². The molecule has 0 bridgehead atoms. The number of benzene rings is 1. The van der Waals surface area contributed by atoms with Crippen molar-refractivity contribution in [1.82, 2.24) is 0 Å². The third-order valence-corrected chi connectivity index (χ3v) is 9.07. The van der Waals surface area contributed by atoms with Crippen molar-refractivity contribution in [2.45, 2.75) is 103 Å². The molecule has 3 aliphatic carbocycles. The number of hydrogen-bond acceptors (Lipinski definition) is 4. The molecular formula is C30H41F2NO3. The third-order valence-electron chi connectivity index (χ3n) is 9.07. The summed E-state index contributed by atoms with van der Waals surface area (Å²) in [7, 11) is 0. The Labute approximate surface area is 214 Å². The van der Waals surface area contributed by atoms with Gasteiger partial charge in [-0.15, -0.1) is 0 Å². The smallest absolute Gasteiger partial charge is 0.314 e. The van der Waals surface area contributed by atoms with Crippen molar-refractivity contribution >= 4 is 5.97 Å². The fourth-order valence-corrected chi connectivity index (χ4v) is 6.84. The summed E-state index contributed by atoms with van der Waals surface area (Å²) in [6.45, 7) is 3.23. The molecule has 0 radical (unpaired) electrons. The molecule has 1 aromatic rings. The topological polar surface area (TPSA) is 59.3 Å². The summed E-state index contributed by atoms with van der Waals surface area (Å²) in [5.74, 6) is 0.160. The van der Waals surface area contributed by atoms with E-state index >= 15 is 0 Å². The SMILES string of the molecule is CCC[C@H]1CC[C@H](COC2CCC([C@H]3CC[C@H](C(=O)Oc4cc(F)c(C#N)c(F)c4)CC3)CC2)CC1. The highest BCUT2D eigenvalue weighted by Crippen LogP contribution is 2.41. The highest BCUT2D eigenvalue weighted by Gasteiger charge is 2.34. The van der Waals surface area contributed by atoms with Crippen LogP contribution < -0.4 is 4.74 Å². The summed E-state index contributed by atoms with van der Waals surface area (Å²) >= 11 is 0. The first-order chi connectivity index (χ1) is 17.5. The quantitative estimate of drug-likeness (QED) is 0.270. The normalized spacial score (nSPS) is 30.9. The van der Waals surface area contributed by atoms with Gasteiger partial charge in [-0.2, -0.15) is 5.26 Å².